The van der Waals surface area contributed by atoms with E-state index in [4.69, 9.17) is 11.6 Å². The zero-order valence-electron chi connectivity index (χ0n) is 10.2. The number of nitrogens with one attached hydrogen (secondary N) is 1. The van der Waals surface area contributed by atoms with Crippen molar-refractivity contribution >= 4 is 33.2 Å². The summed E-state index contributed by atoms with van der Waals surface area (Å²) in [7, 11) is -3.44. The predicted octanol–water partition coefficient (Wildman–Crippen LogP) is 1.24. The first-order valence-electron chi connectivity index (χ1n) is 5.29. The van der Waals surface area contributed by atoms with Gasteiger partial charge in [-0.05, 0) is 12.1 Å². The molecule has 0 aliphatic carbocycles. The maximum Gasteiger partial charge on any atom is 0.232 e. The second-order valence-electron chi connectivity index (χ2n) is 3.77. The molecule has 0 aromatic heterocycles. The lowest BCUT2D eigenvalue weighted by Gasteiger charge is -2.23. The Bertz CT molecular complexity index is 531. The predicted molar refractivity (Wildman–Crippen MR) is 72.3 cm³/mol. The number of hydrogen-bond acceptors (Lipinski definition) is 3. The number of carbonyl (C=O) groups is 1. The van der Waals surface area contributed by atoms with Gasteiger partial charge in [-0.3, -0.25) is 9.10 Å². The third-order valence-electron chi connectivity index (χ3n) is 2.21. The van der Waals surface area contributed by atoms with Crippen molar-refractivity contribution in [2.24, 2.45) is 0 Å². The van der Waals surface area contributed by atoms with Crippen LogP contribution in [0.2, 0.25) is 5.02 Å². The van der Waals surface area contributed by atoms with Crippen LogP contribution >= 0.6 is 11.6 Å². The van der Waals surface area contributed by atoms with Crippen LogP contribution in [0.15, 0.2) is 24.3 Å². The minimum absolute atomic E-state index is 0.141. The maximum absolute atomic E-state index is 11.7. The molecule has 5 nitrogen and oxygen atoms in total. The highest BCUT2D eigenvalue weighted by atomic mass is 35.5. The molecular weight excluding hydrogens is 276 g/mol. The van der Waals surface area contributed by atoms with Gasteiger partial charge in [0.1, 0.15) is 0 Å². The molecular formula is C11H15ClN2O3S. The molecule has 0 heterocycles. The van der Waals surface area contributed by atoms with E-state index in [2.05, 4.69) is 5.32 Å². The van der Waals surface area contributed by atoms with Gasteiger partial charge in [-0.1, -0.05) is 23.7 Å². The Kier molecular flexibility index (Phi) is 4.98. The van der Waals surface area contributed by atoms with Crippen LogP contribution in [0.3, 0.4) is 0 Å². The molecule has 100 valence electrons. The highest BCUT2D eigenvalue weighted by molar-refractivity contribution is 7.92. The van der Waals surface area contributed by atoms with Crippen LogP contribution in [0, 0.1) is 0 Å². The van der Waals surface area contributed by atoms with E-state index in [1.165, 1.54) is 11.2 Å². The van der Waals surface area contributed by atoms with E-state index < -0.39 is 10.0 Å². The van der Waals surface area contributed by atoms with Crippen LogP contribution < -0.4 is 9.62 Å². The fraction of sp³-hybridized carbons (Fsp3) is 0.364. The molecule has 0 fully saturated rings. The second kappa shape index (κ2) is 6.06. The summed E-state index contributed by atoms with van der Waals surface area (Å²) in [6.45, 7) is 1.75. The van der Waals surface area contributed by atoms with Crippen molar-refractivity contribution in [2.45, 2.75) is 6.92 Å². The number of benzene rings is 1. The van der Waals surface area contributed by atoms with Crippen molar-refractivity contribution in [3.8, 4) is 0 Å². The summed E-state index contributed by atoms with van der Waals surface area (Å²) in [5.41, 5.74) is 0.409. The van der Waals surface area contributed by atoms with Crippen molar-refractivity contribution in [1.29, 1.82) is 0 Å². The number of hydrogen-bond donors (Lipinski definition) is 1. The lowest BCUT2D eigenvalue weighted by molar-refractivity contribution is -0.118. The molecule has 0 unspecified atom stereocenters. The molecule has 0 saturated carbocycles. The zero-order chi connectivity index (χ0) is 13.8. The van der Waals surface area contributed by atoms with Gasteiger partial charge in [-0.2, -0.15) is 0 Å². The molecule has 0 aliphatic heterocycles. The van der Waals surface area contributed by atoms with Crippen molar-refractivity contribution < 1.29 is 13.2 Å². The summed E-state index contributed by atoms with van der Waals surface area (Å²) >= 11 is 5.97. The molecule has 0 bridgehead atoms. The van der Waals surface area contributed by atoms with Crippen LogP contribution in [-0.4, -0.2) is 33.7 Å². The number of para-hydroxylation sites is 1. The van der Waals surface area contributed by atoms with E-state index in [0.717, 1.165) is 6.26 Å². The number of halogens is 1. The quantitative estimate of drug-likeness (QED) is 0.887. The molecule has 18 heavy (non-hydrogen) atoms. The summed E-state index contributed by atoms with van der Waals surface area (Å²) in [5, 5.41) is 2.90. The van der Waals surface area contributed by atoms with E-state index in [-0.39, 0.29) is 19.0 Å². The van der Waals surface area contributed by atoms with E-state index in [0.29, 0.717) is 10.7 Å². The Morgan fingerprint density at radius 2 is 2.00 bits per heavy atom. The van der Waals surface area contributed by atoms with Crippen molar-refractivity contribution in [3.63, 3.8) is 0 Å². The van der Waals surface area contributed by atoms with Crippen LogP contribution in [-0.2, 0) is 14.8 Å². The Balaban J connectivity index is 2.94. The minimum Gasteiger partial charge on any atom is -0.355 e. The summed E-state index contributed by atoms with van der Waals surface area (Å²) in [6.07, 6.45) is 1.10. The Morgan fingerprint density at radius 3 is 2.50 bits per heavy atom. The Labute approximate surface area is 112 Å². The number of anilines is 1. The van der Waals surface area contributed by atoms with Gasteiger partial charge >= 0.3 is 0 Å². The van der Waals surface area contributed by atoms with Gasteiger partial charge in [0, 0.05) is 13.5 Å². The lowest BCUT2D eigenvalue weighted by atomic mass is 10.3. The molecule has 0 radical (unpaired) electrons. The smallest absolute Gasteiger partial charge is 0.232 e. The standard InChI is InChI=1S/C11H15ClN2O3S/c1-9(15)13-7-8-14(18(2,16)17)11-6-4-3-5-10(11)12/h3-6H,7-8H2,1-2H3,(H,13,15). The fourth-order valence-corrected chi connectivity index (χ4v) is 2.68. The third-order valence-corrected chi connectivity index (χ3v) is 3.71. The second-order valence-corrected chi connectivity index (χ2v) is 6.08. The average Bonchev–Trinajstić information content (AvgIpc) is 2.24. The molecule has 1 rings (SSSR count). The molecule has 1 N–H and O–H groups in total. The zero-order valence-corrected chi connectivity index (χ0v) is 11.8. The largest absolute Gasteiger partial charge is 0.355 e. The number of nitrogens with zero attached hydrogens (tertiary/aromatic N) is 1. The first-order valence-corrected chi connectivity index (χ1v) is 7.51. The highest BCUT2D eigenvalue weighted by Gasteiger charge is 2.19. The fourth-order valence-electron chi connectivity index (χ4n) is 1.45. The molecule has 7 heteroatoms. The maximum atomic E-state index is 11.7. The van der Waals surface area contributed by atoms with E-state index in [1.54, 1.807) is 24.3 Å². The van der Waals surface area contributed by atoms with Crippen LogP contribution in [0.1, 0.15) is 6.92 Å². The average molecular weight is 291 g/mol. The normalized spacial score (nSPS) is 11.1. The van der Waals surface area contributed by atoms with Gasteiger partial charge in [0.05, 0.1) is 23.5 Å². The van der Waals surface area contributed by atoms with E-state index in [9.17, 15) is 13.2 Å². The SMILES string of the molecule is CC(=O)NCCN(c1ccccc1Cl)S(C)(=O)=O. The summed E-state index contributed by atoms with van der Waals surface area (Å²) < 4.78 is 24.6. The molecule has 0 aliphatic rings. The molecule has 1 aromatic carbocycles. The summed E-state index contributed by atoms with van der Waals surface area (Å²) in [6, 6.07) is 6.67. The van der Waals surface area contributed by atoms with E-state index in [1.807, 2.05) is 0 Å². The van der Waals surface area contributed by atoms with E-state index >= 15 is 0 Å². The first kappa shape index (κ1) is 14.8. The first-order chi connectivity index (χ1) is 8.32. The van der Waals surface area contributed by atoms with Gasteiger partial charge < -0.3 is 5.32 Å². The van der Waals surface area contributed by atoms with Crippen LogP contribution in [0.25, 0.3) is 0 Å². The van der Waals surface area contributed by atoms with Crippen molar-refractivity contribution in [2.75, 3.05) is 23.7 Å². The van der Waals surface area contributed by atoms with Crippen molar-refractivity contribution in [1.82, 2.24) is 5.32 Å². The summed E-state index contributed by atoms with van der Waals surface area (Å²) in [4.78, 5) is 10.8. The van der Waals surface area contributed by atoms with Gasteiger partial charge in [0.2, 0.25) is 15.9 Å². The number of amides is 1. The van der Waals surface area contributed by atoms with Gasteiger partial charge in [0.15, 0.2) is 0 Å². The number of rotatable bonds is 5. The monoisotopic (exact) mass is 290 g/mol. The molecule has 0 spiro atoms. The topological polar surface area (TPSA) is 66.5 Å². The van der Waals surface area contributed by atoms with Gasteiger partial charge in [0.25, 0.3) is 0 Å². The third kappa shape index (κ3) is 4.19. The highest BCUT2D eigenvalue weighted by Crippen LogP contribution is 2.26. The van der Waals surface area contributed by atoms with Crippen LogP contribution in [0.4, 0.5) is 5.69 Å². The number of sulfonamides is 1. The summed E-state index contributed by atoms with van der Waals surface area (Å²) in [5.74, 6) is -0.206. The Morgan fingerprint density at radius 1 is 1.39 bits per heavy atom. The number of carbonyl (C=O) groups excluding carboxylic acids is 1. The lowest BCUT2D eigenvalue weighted by Crippen LogP contribution is -2.37. The van der Waals surface area contributed by atoms with Crippen LogP contribution in [0.5, 0.6) is 0 Å². The molecule has 1 aromatic rings. The van der Waals surface area contributed by atoms with Gasteiger partial charge in [-0.15, -0.1) is 0 Å². The minimum atomic E-state index is -3.44. The molecule has 1 amide bonds. The molecule has 0 atom stereocenters. The Hall–Kier alpha value is -1.27. The van der Waals surface area contributed by atoms with Crippen molar-refractivity contribution in [3.05, 3.63) is 29.3 Å². The van der Waals surface area contributed by atoms with Gasteiger partial charge in [-0.25, -0.2) is 8.42 Å². The molecule has 0 saturated heterocycles.